The van der Waals surface area contributed by atoms with Gasteiger partial charge in [-0.1, -0.05) is 12.8 Å². The van der Waals surface area contributed by atoms with Crippen LogP contribution in [-0.4, -0.2) is 0 Å². The van der Waals surface area contributed by atoms with Crippen molar-refractivity contribution in [2.75, 3.05) is 0 Å². The summed E-state index contributed by atoms with van der Waals surface area (Å²) in [6.45, 7) is 1.70. The largest absolute Gasteiger partial charge is 0.207 e. The standard InChI is InChI=1S/C12H13F2/c1-8-6-10(13)12(11(14)7-8)9-4-2-3-5-9/h6-7H,2-5H2,1H3. The van der Waals surface area contributed by atoms with Crippen LogP contribution >= 0.6 is 0 Å². The quantitative estimate of drug-likeness (QED) is 0.639. The third-order valence-corrected chi connectivity index (χ3v) is 2.75. The zero-order chi connectivity index (χ0) is 10.1. The lowest BCUT2D eigenvalue weighted by molar-refractivity contribution is 0.558. The van der Waals surface area contributed by atoms with Crippen LogP contribution in [0.2, 0.25) is 0 Å². The number of hydrogen-bond donors (Lipinski definition) is 0. The maximum Gasteiger partial charge on any atom is 0.130 e. The minimum Gasteiger partial charge on any atom is -0.207 e. The maximum atomic E-state index is 13.5. The van der Waals surface area contributed by atoms with E-state index in [-0.39, 0.29) is 5.56 Å². The maximum absolute atomic E-state index is 13.5. The van der Waals surface area contributed by atoms with Gasteiger partial charge in [0.1, 0.15) is 11.6 Å². The minimum atomic E-state index is -0.403. The Morgan fingerprint density at radius 2 is 1.50 bits per heavy atom. The van der Waals surface area contributed by atoms with Crippen LogP contribution in [0.1, 0.15) is 36.8 Å². The van der Waals surface area contributed by atoms with Gasteiger partial charge < -0.3 is 0 Å². The van der Waals surface area contributed by atoms with Gasteiger partial charge in [0.25, 0.3) is 0 Å². The van der Waals surface area contributed by atoms with Crippen molar-refractivity contribution < 1.29 is 8.78 Å². The van der Waals surface area contributed by atoms with Gasteiger partial charge in [0.15, 0.2) is 0 Å². The Kier molecular flexibility index (Phi) is 2.53. The summed E-state index contributed by atoms with van der Waals surface area (Å²) in [5, 5.41) is 0. The minimum absolute atomic E-state index is 0.230. The van der Waals surface area contributed by atoms with Crippen molar-refractivity contribution in [2.45, 2.75) is 32.6 Å². The molecule has 1 radical (unpaired) electrons. The Morgan fingerprint density at radius 3 is 2.00 bits per heavy atom. The number of halogens is 2. The van der Waals surface area contributed by atoms with E-state index in [1.54, 1.807) is 6.92 Å². The van der Waals surface area contributed by atoms with Gasteiger partial charge in [0, 0.05) is 11.5 Å². The van der Waals surface area contributed by atoms with Crippen LogP contribution in [0.15, 0.2) is 12.1 Å². The molecule has 0 unspecified atom stereocenters. The predicted octanol–water partition coefficient (Wildman–Crippen LogP) is 3.77. The second-order valence-corrected chi connectivity index (χ2v) is 3.91. The third-order valence-electron chi connectivity index (χ3n) is 2.75. The summed E-state index contributed by atoms with van der Waals surface area (Å²) in [7, 11) is 0. The fourth-order valence-electron chi connectivity index (χ4n) is 2.09. The summed E-state index contributed by atoms with van der Waals surface area (Å²) in [5.74, 6) is 0.138. The molecule has 75 valence electrons. The Balaban J connectivity index is 2.40. The number of benzene rings is 1. The first kappa shape index (κ1) is 9.63. The Bertz CT molecular complexity index is 315. The summed E-state index contributed by atoms with van der Waals surface area (Å²) in [6.07, 6.45) is 3.80. The van der Waals surface area contributed by atoms with Crippen molar-refractivity contribution in [1.82, 2.24) is 0 Å². The summed E-state index contributed by atoms with van der Waals surface area (Å²) in [4.78, 5) is 0. The van der Waals surface area contributed by atoms with Gasteiger partial charge in [-0.05, 0) is 37.5 Å². The number of hydrogen-bond acceptors (Lipinski definition) is 0. The van der Waals surface area contributed by atoms with Crippen molar-refractivity contribution in [3.63, 3.8) is 0 Å². The van der Waals surface area contributed by atoms with Gasteiger partial charge in [0.05, 0.1) is 0 Å². The lowest BCUT2D eigenvalue weighted by Crippen LogP contribution is -2.02. The molecule has 14 heavy (non-hydrogen) atoms. The molecule has 1 aromatic carbocycles. The molecule has 1 aliphatic carbocycles. The van der Waals surface area contributed by atoms with Gasteiger partial charge in [-0.15, -0.1) is 0 Å². The van der Waals surface area contributed by atoms with Crippen LogP contribution in [0, 0.1) is 24.5 Å². The first-order chi connectivity index (χ1) is 6.68. The molecule has 0 aromatic heterocycles. The van der Waals surface area contributed by atoms with E-state index in [1.807, 2.05) is 0 Å². The van der Waals surface area contributed by atoms with E-state index in [4.69, 9.17) is 0 Å². The number of rotatable bonds is 1. The van der Waals surface area contributed by atoms with Crippen LogP contribution < -0.4 is 0 Å². The van der Waals surface area contributed by atoms with Crippen LogP contribution in [-0.2, 0) is 0 Å². The first-order valence-corrected chi connectivity index (χ1v) is 4.99. The van der Waals surface area contributed by atoms with E-state index in [9.17, 15) is 8.78 Å². The van der Waals surface area contributed by atoms with Gasteiger partial charge in [-0.2, -0.15) is 0 Å². The van der Waals surface area contributed by atoms with Crippen molar-refractivity contribution in [1.29, 1.82) is 0 Å². The van der Waals surface area contributed by atoms with Crippen molar-refractivity contribution in [3.05, 3.63) is 40.8 Å². The van der Waals surface area contributed by atoms with Crippen LogP contribution in [0.3, 0.4) is 0 Å². The third kappa shape index (κ3) is 1.66. The highest BCUT2D eigenvalue weighted by molar-refractivity contribution is 5.36. The highest BCUT2D eigenvalue weighted by Gasteiger charge is 2.24. The summed E-state index contributed by atoms with van der Waals surface area (Å²) >= 11 is 0. The SMILES string of the molecule is Cc1cc(F)c([C]2CCCC2)c(F)c1. The van der Waals surface area contributed by atoms with E-state index in [2.05, 4.69) is 0 Å². The van der Waals surface area contributed by atoms with Crippen molar-refractivity contribution in [3.8, 4) is 0 Å². The lowest BCUT2D eigenvalue weighted by atomic mass is 9.95. The molecule has 1 fully saturated rings. The van der Waals surface area contributed by atoms with Gasteiger partial charge in [-0.25, -0.2) is 8.78 Å². The molecule has 0 N–H and O–H groups in total. The molecule has 0 heterocycles. The molecule has 0 spiro atoms. The average molecular weight is 195 g/mol. The van der Waals surface area contributed by atoms with E-state index < -0.39 is 11.6 Å². The number of aryl methyl sites for hydroxylation is 1. The molecule has 2 rings (SSSR count). The Labute approximate surface area is 82.9 Å². The molecular formula is C12H13F2. The molecule has 2 heteroatoms. The second kappa shape index (κ2) is 3.68. The Hall–Kier alpha value is -0.920. The normalized spacial score (nSPS) is 17.6. The molecule has 0 saturated heterocycles. The van der Waals surface area contributed by atoms with E-state index >= 15 is 0 Å². The smallest absolute Gasteiger partial charge is 0.130 e. The highest BCUT2D eigenvalue weighted by Crippen LogP contribution is 2.36. The molecule has 1 aromatic rings. The Morgan fingerprint density at radius 1 is 1.00 bits per heavy atom. The first-order valence-electron chi connectivity index (χ1n) is 4.99. The molecule has 0 atom stereocenters. The molecule has 0 nitrogen and oxygen atoms in total. The second-order valence-electron chi connectivity index (χ2n) is 3.91. The van der Waals surface area contributed by atoms with Gasteiger partial charge >= 0.3 is 0 Å². The molecule has 0 bridgehead atoms. The average Bonchev–Trinajstić information content (AvgIpc) is 2.54. The van der Waals surface area contributed by atoms with Crippen molar-refractivity contribution >= 4 is 0 Å². The van der Waals surface area contributed by atoms with Crippen LogP contribution in [0.4, 0.5) is 8.78 Å². The molecule has 1 saturated carbocycles. The van der Waals surface area contributed by atoms with Crippen LogP contribution in [0.5, 0.6) is 0 Å². The zero-order valence-electron chi connectivity index (χ0n) is 8.24. The van der Waals surface area contributed by atoms with E-state index in [0.717, 1.165) is 31.6 Å². The highest BCUT2D eigenvalue weighted by atomic mass is 19.1. The molecule has 1 aliphatic rings. The predicted molar refractivity (Wildman–Crippen MR) is 51.9 cm³/mol. The molecule has 0 amide bonds. The molecule has 0 aliphatic heterocycles. The fraction of sp³-hybridized carbons (Fsp3) is 0.417. The van der Waals surface area contributed by atoms with Crippen molar-refractivity contribution in [2.24, 2.45) is 0 Å². The summed E-state index contributed by atoms with van der Waals surface area (Å²) in [6, 6.07) is 2.81. The van der Waals surface area contributed by atoms with Gasteiger partial charge in [0.2, 0.25) is 0 Å². The summed E-state index contributed by atoms with van der Waals surface area (Å²) in [5.41, 5.74) is 0.871. The topological polar surface area (TPSA) is 0 Å². The fourth-order valence-corrected chi connectivity index (χ4v) is 2.09. The monoisotopic (exact) mass is 195 g/mol. The van der Waals surface area contributed by atoms with E-state index in [0.29, 0.717) is 5.56 Å². The van der Waals surface area contributed by atoms with Crippen LogP contribution in [0.25, 0.3) is 0 Å². The summed E-state index contributed by atoms with van der Waals surface area (Å²) < 4.78 is 27.0. The van der Waals surface area contributed by atoms with E-state index in [1.165, 1.54) is 12.1 Å². The molecular weight excluding hydrogens is 182 g/mol. The van der Waals surface area contributed by atoms with Gasteiger partial charge in [-0.3, -0.25) is 0 Å². The zero-order valence-corrected chi connectivity index (χ0v) is 8.24. The lowest BCUT2D eigenvalue weighted by Gasteiger charge is -2.11.